The van der Waals surface area contributed by atoms with Crippen molar-refractivity contribution >= 4 is 16.8 Å². The number of likely N-dealkylation sites (tertiary alicyclic amines) is 1. The second kappa shape index (κ2) is 7.76. The van der Waals surface area contributed by atoms with E-state index in [0.717, 1.165) is 60.5 Å². The summed E-state index contributed by atoms with van der Waals surface area (Å²) in [5, 5.41) is 8.14. The molecular formula is C26H27N5O2. The Morgan fingerprint density at radius 1 is 1.09 bits per heavy atom. The Labute approximate surface area is 191 Å². The molecule has 3 heterocycles. The van der Waals surface area contributed by atoms with E-state index in [4.69, 9.17) is 0 Å². The second-order valence-electron chi connectivity index (χ2n) is 9.48. The van der Waals surface area contributed by atoms with Crippen molar-refractivity contribution in [3.05, 3.63) is 70.5 Å². The molecule has 7 heteroatoms. The number of aromatic amines is 2. The van der Waals surface area contributed by atoms with Crippen LogP contribution in [0.1, 0.15) is 30.7 Å². The van der Waals surface area contributed by atoms with Gasteiger partial charge in [-0.15, -0.1) is 0 Å². The fourth-order valence-electron chi connectivity index (χ4n) is 5.02. The number of rotatable bonds is 5. The molecule has 0 spiro atoms. The third-order valence-corrected chi connectivity index (χ3v) is 7.08. The monoisotopic (exact) mass is 441 g/mol. The largest absolute Gasteiger partial charge is 0.361 e. The molecule has 1 saturated heterocycles. The molecule has 2 aliphatic rings. The Morgan fingerprint density at radius 3 is 2.67 bits per heavy atom. The Hall–Kier alpha value is -3.61. The number of H-pyrrole nitrogens is 2. The Bertz CT molecular complexity index is 1390. The van der Waals surface area contributed by atoms with Gasteiger partial charge >= 0.3 is 5.69 Å². The Morgan fingerprint density at radius 2 is 1.88 bits per heavy atom. The molecule has 1 saturated carbocycles. The molecule has 1 atom stereocenters. The van der Waals surface area contributed by atoms with Crippen molar-refractivity contribution in [2.75, 3.05) is 13.1 Å². The number of aryl methyl sites for hydroxylation is 1. The second-order valence-corrected chi connectivity index (χ2v) is 9.48. The molecule has 33 heavy (non-hydrogen) atoms. The van der Waals surface area contributed by atoms with Gasteiger partial charge in [0.1, 0.15) is 5.82 Å². The van der Waals surface area contributed by atoms with Crippen LogP contribution in [0.25, 0.3) is 27.7 Å². The van der Waals surface area contributed by atoms with Gasteiger partial charge in [0.2, 0.25) is 5.91 Å². The summed E-state index contributed by atoms with van der Waals surface area (Å²) in [6.45, 7) is 3.68. The van der Waals surface area contributed by atoms with Crippen molar-refractivity contribution < 1.29 is 4.79 Å². The Balaban J connectivity index is 1.22. The van der Waals surface area contributed by atoms with Gasteiger partial charge < -0.3 is 9.88 Å². The molecule has 0 unspecified atom stereocenters. The average molecular weight is 442 g/mol. The zero-order valence-electron chi connectivity index (χ0n) is 18.7. The summed E-state index contributed by atoms with van der Waals surface area (Å²) in [6, 6.07) is 14.4. The van der Waals surface area contributed by atoms with E-state index in [1.165, 1.54) is 10.9 Å². The Kier molecular flexibility index (Phi) is 4.71. The average Bonchev–Trinajstić information content (AvgIpc) is 3.32. The van der Waals surface area contributed by atoms with Crippen LogP contribution >= 0.6 is 0 Å². The summed E-state index contributed by atoms with van der Waals surface area (Å²) in [5.74, 6) is 1.62. The minimum atomic E-state index is -0.231. The number of hydrogen-bond donors (Lipinski definition) is 2. The van der Waals surface area contributed by atoms with Crippen molar-refractivity contribution in [3.8, 4) is 16.8 Å². The summed E-state index contributed by atoms with van der Waals surface area (Å²) in [5.41, 5.74) is 5.17. The summed E-state index contributed by atoms with van der Waals surface area (Å²) >= 11 is 0. The van der Waals surface area contributed by atoms with Crippen molar-refractivity contribution in [2.24, 2.45) is 11.8 Å². The standard InChI is InChI=1S/C26H27N5O2/c1-16-14-27-23-9-6-20(13-22(16)23)18-4-7-21(8-5-18)31-24(28-29-26(31)33)12-17-10-11-30(15-17)25(32)19-2-3-19/h4-9,13-14,17,19,27H,2-3,10-12,15H2,1H3,(H,29,33)/t17-/m0/s1. The minimum Gasteiger partial charge on any atom is -0.361 e. The van der Waals surface area contributed by atoms with Gasteiger partial charge in [-0.3, -0.25) is 4.79 Å². The smallest absolute Gasteiger partial charge is 0.347 e. The molecule has 2 aromatic carbocycles. The van der Waals surface area contributed by atoms with Crippen LogP contribution in [-0.2, 0) is 11.2 Å². The van der Waals surface area contributed by atoms with Gasteiger partial charge in [0.15, 0.2) is 0 Å². The van der Waals surface area contributed by atoms with Gasteiger partial charge in [-0.2, -0.15) is 5.10 Å². The van der Waals surface area contributed by atoms with Gasteiger partial charge in [-0.1, -0.05) is 18.2 Å². The highest BCUT2D eigenvalue weighted by molar-refractivity contribution is 5.87. The van der Waals surface area contributed by atoms with Crippen molar-refractivity contribution in [2.45, 2.75) is 32.6 Å². The molecule has 4 aromatic rings. The summed E-state index contributed by atoms with van der Waals surface area (Å²) in [6.07, 6.45) is 5.73. The van der Waals surface area contributed by atoms with E-state index < -0.39 is 0 Å². The zero-order valence-corrected chi connectivity index (χ0v) is 18.7. The molecule has 0 bridgehead atoms. The van der Waals surface area contributed by atoms with E-state index in [2.05, 4.69) is 40.3 Å². The maximum Gasteiger partial charge on any atom is 0.347 e. The summed E-state index contributed by atoms with van der Waals surface area (Å²) < 4.78 is 1.66. The maximum atomic E-state index is 12.6. The topological polar surface area (TPSA) is 86.8 Å². The zero-order chi connectivity index (χ0) is 22.5. The van der Waals surface area contributed by atoms with Gasteiger partial charge in [-0.25, -0.2) is 14.5 Å². The van der Waals surface area contributed by atoms with Crippen LogP contribution in [0.5, 0.6) is 0 Å². The van der Waals surface area contributed by atoms with E-state index in [-0.39, 0.29) is 11.6 Å². The molecule has 1 aliphatic heterocycles. The molecule has 2 N–H and O–H groups in total. The summed E-state index contributed by atoms with van der Waals surface area (Å²) in [4.78, 5) is 30.2. The van der Waals surface area contributed by atoms with Crippen LogP contribution in [0.3, 0.4) is 0 Å². The molecule has 1 amide bonds. The number of carbonyl (C=O) groups excluding carboxylic acids is 1. The molecule has 7 nitrogen and oxygen atoms in total. The predicted octanol–water partition coefficient (Wildman–Crippen LogP) is 3.82. The fraction of sp³-hybridized carbons (Fsp3) is 0.346. The number of hydrogen-bond acceptors (Lipinski definition) is 3. The highest BCUT2D eigenvalue weighted by atomic mass is 16.2. The van der Waals surface area contributed by atoms with Crippen molar-refractivity contribution in [1.82, 2.24) is 24.6 Å². The third kappa shape index (κ3) is 3.67. The van der Waals surface area contributed by atoms with Crippen LogP contribution in [0.4, 0.5) is 0 Å². The SMILES string of the molecule is Cc1c[nH]c2ccc(-c3ccc(-n4c(C[C@@H]5CCN(C(=O)C6CC6)C5)n[nH]c4=O)cc3)cc12. The molecule has 2 fully saturated rings. The summed E-state index contributed by atoms with van der Waals surface area (Å²) in [7, 11) is 0. The van der Waals surface area contributed by atoms with Gasteiger partial charge in [0.05, 0.1) is 5.69 Å². The molecule has 6 rings (SSSR count). The van der Waals surface area contributed by atoms with Crippen LogP contribution in [0.2, 0.25) is 0 Å². The van der Waals surface area contributed by atoms with E-state index in [1.807, 2.05) is 35.4 Å². The molecule has 1 aliphatic carbocycles. The third-order valence-electron chi connectivity index (χ3n) is 7.08. The first kappa shape index (κ1) is 20.0. The number of benzene rings is 2. The lowest BCUT2D eigenvalue weighted by Gasteiger charge is -2.16. The number of nitrogens with one attached hydrogen (secondary N) is 2. The predicted molar refractivity (Wildman–Crippen MR) is 127 cm³/mol. The lowest BCUT2D eigenvalue weighted by atomic mass is 10.0. The molecule has 0 radical (unpaired) electrons. The van der Waals surface area contributed by atoms with Crippen molar-refractivity contribution in [1.29, 1.82) is 0 Å². The van der Waals surface area contributed by atoms with E-state index in [0.29, 0.717) is 18.2 Å². The van der Waals surface area contributed by atoms with Crippen LogP contribution in [0.15, 0.2) is 53.5 Å². The lowest BCUT2D eigenvalue weighted by Crippen LogP contribution is -2.30. The number of fused-ring (bicyclic) bond motifs is 1. The highest BCUT2D eigenvalue weighted by Gasteiger charge is 2.36. The van der Waals surface area contributed by atoms with Gasteiger partial charge in [0.25, 0.3) is 0 Å². The van der Waals surface area contributed by atoms with Crippen LogP contribution < -0.4 is 5.69 Å². The van der Waals surface area contributed by atoms with E-state index in [9.17, 15) is 9.59 Å². The quantitative estimate of drug-likeness (QED) is 0.494. The first-order chi connectivity index (χ1) is 16.1. The number of amides is 1. The molecular weight excluding hydrogens is 414 g/mol. The molecule has 168 valence electrons. The highest BCUT2D eigenvalue weighted by Crippen LogP contribution is 2.33. The minimum absolute atomic E-state index is 0.231. The van der Waals surface area contributed by atoms with Crippen LogP contribution in [-0.4, -0.2) is 43.6 Å². The van der Waals surface area contributed by atoms with E-state index >= 15 is 0 Å². The fourth-order valence-corrected chi connectivity index (χ4v) is 5.02. The normalized spacial score (nSPS) is 18.3. The first-order valence-corrected chi connectivity index (χ1v) is 11.7. The number of aromatic nitrogens is 4. The van der Waals surface area contributed by atoms with Gasteiger partial charge in [-0.05, 0) is 73.1 Å². The number of carbonyl (C=O) groups is 1. The van der Waals surface area contributed by atoms with Crippen molar-refractivity contribution in [3.63, 3.8) is 0 Å². The first-order valence-electron chi connectivity index (χ1n) is 11.7. The number of nitrogens with zero attached hydrogens (tertiary/aromatic N) is 3. The van der Waals surface area contributed by atoms with E-state index in [1.54, 1.807) is 4.57 Å². The maximum absolute atomic E-state index is 12.6. The lowest BCUT2D eigenvalue weighted by molar-refractivity contribution is -0.131. The van der Waals surface area contributed by atoms with Gasteiger partial charge in [0, 0.05) is 42.5 Å². The van der Waals surface area contributed by atoms with Crippen LogP contribution in [0, 0.1) is 18.8 Å². The molecule has 2 aromatic heterocycles.